The molecule has 1 saturated heterocycles. The monoisotopic (exact) mass is 263 g/mol. The van der Waals surface area contributed by atoms with Crippen LogP contribution in [0.1, 0.15) is 30.1 Å². The first-order chi connectivity index (χ1) is 9.13. The number of hydrogen-bond donors (Lipinski definition) is 1. The van der Waals surface area contributed by atoms with Crippen LogP contribution in [0.15, 0.2) is 18.2 Å². The predicted molar refractivity (Wildman–Crippen MR) is 72.4 cm³/mol. The summed E-state index contributed by atoms with van der Waals surface area (Å²) in [6.07, 6.45) is 1.93. The van der Waals surface area contributed by atoms with E-state index in [-0.39, 0.29) is 17.2 Å². The average Bonchev–Trinajstić information content (AvgIpc) is 2.91. The second kappa shape index (κ2) is 5.69. The Balaban J connectivity index is 2.36. The number of carbonyl (C=O) groups excluding carboxylic acids is 1. The summed E-state index contributed by atoms with van der Waals surface area (Å²) in [5.74, 6) is -0.246. The van der Waals surface area contributed by atoms with Crippen LogP contribution in [0, 0.1) is 10.1 Å². The highest BCUT2D eigenvalue weighted by atomic mass is 16.6. The van der Waals surface area contributed by atoms with Crippen LogP contribution in [-0.2, 0) is 0 Å². The summed E-state index contributed by atoms with van der Waals surface area (Å²) in [7, 11) is 0. The van der Waals surface area contributed by atoms with Crippen LogP contribution in [0.3, 0.4) is 0 Å². The molecule has 0 radical (unpaired) electrons. The molecule has 0 aliphatic carbocycles. The van der Waals surface area contributed by atoms with Gasteiger partial charge in [-0.1, -0.05) is 0 Å². The number of nitrogens with one attached hydrogen (secondary N) is 1. The standard InChI is InChI=1S/C13H17N3O3/c1-2-14-10-5-6-12(16(18)19)11(9-10)13(17)15-7-3-4-8-15/h5-6,9,14H,2-4,7-8H2,1H3. The van der Waals surface area contributed by atoms with Crippen molar-refractivity contribution in [1.82, 2.24) is 4.90 Å². The van der Waals surface area contributed by atoms with E-state index in [0.717, 1.165) is 18.5 Å². The molecule has 0 spiro atoms. The Bertz CT molecular complexity index is 496. The van der Waals surface area contributed by atoms with Gasteiger partial charge in [0.2, 0.25) is 0 Å². The Hall–Kier alpha value is -2.11. The van der Waals surface area contributed by atoms with Gasteiger partial charge in [-0.15, -0.1) is 0 Å². The van der Waals surface area contributed by atoms with Crippen molar-refractivity contribution >= 4 is 17.3 Å². The lowest BCUT2D eigenvalue weighted by Crippen LogP contribution is -2.28. The van der Waals surface area contributed by atoms with Gasteiger partial charge in [-0.05, 0) is 31.9 Å². The lowest BCUT2D eigenvalue weighted by Gasteiger charge is -2.16. The van der Waals surface area contributed by atoms with Crippen LogP contribution in [0.5, 0.6) is 0 Å². The molecule has 0 saturated carbocycles. The number of nitro benzene ring substituents is 1. The van der Waals surface area contributed by atoms with Gasteiger partial charge < -0.3 is 10.2 Å². The lowest BCUT2D eigenvalue weighted by atomic mass is 10.1. The number of benzene rings is 1. The molecule has 1 heterocycles. The number of rotatable bonds is 4. The molecular formula is C13H17N3O3. The van der Waals surface area contributed by atoms with Crippen LogP contribution in [0.2, 0.25) is 0 Å². The van der Waals surface area contributed by atoms with Crippen molar-refractivity contribution in [3.8, 4) is 0 Å². The molecule has 1 N–H and O–H groups in total. The highest BCUT2D eigenvalue weighted by Crippen LogP contribution is 2.25. The molecule has 0 atom stereocenters. The summed E-state index contributed by atoms with van der Waals surface area (Å²) in [6, 6.07) is 4.59. The van der Waals surface area contributed by atoms with Crippen molar-refractivity contribution in [3.05, 3.63) is 33.9 Å². The number of nitrogens with zero attached hydrogens (tertiary/aromatic N) is 2. The SMILES string of the molecule is CCNc1ccc([N+](=O)[O-])c(C(=O)N2CCCC2)c1. The van der Waals surface area contributed by atoms with Gasteiger partial charge in [0.15, 0.2) is 0 Å². The first-order valence-electron chi connectivity index (χ1n) is 6.45. The van der Waals surface area contributed by atoms with Gasteiger partial charge in [0.05, 0.1) is 4.92 Å². The third-order valence-corrected chi connectivity index (χ3v) is 3.20. The van der Waals surface area contributed by atoms with Gasteiger partial charge in [-0.3, -0.25) is 14.9 Å². The molecule has 0 aromatic heterocycles. The van der Waals surface area contributed by atoms with E-state index in [1.165, 1.54) is 6.07 Å². The third kappa shape index (κ3) is 2.83. The van der Waals surface area contributed by atoms with Crippen molar-refractivity contribution in [3.63, 3.8) is 0 Å². The highest BCUT2D eigenvalue weighted by molar-refractivity contribution is 5.99. The van der Waals surface area contributed by atoms with Gasteiger partial charge in [0, 0.05) is 31.4 Å². The summed E-state index contributed by atoms with van der Waals surface area (Å²) in [5, 5.41) is 14.1. The first kappa shape index (κ1) is 13.3. The van der Waals surface area contributed by atoms with Crippen molar-refractivity contribution in [2.75, 3.05) is 25.0 Å². The fraction of sp³-hybridized carbons (Fsp3) is 0.462. The summed E-state index contributed by atoms with van der Waals surface area (Å²) < 4.78 is 0. The Labute approximate surface area is 111 Å². The number of hydrogen-bond acceptors (Lipinski definition) is 4. The number of likely N-dealkylation sites (tertiary alicyclic amines) is 1. The molecule has 1 aliphatic rings. The normalized spacial score (nSPS) is 14.5. The molecular weight excluding hydrogens is 246 g/mol. The number of carbonyl (C=O) groups is 1. The van der Waals surface area contributed by atoms with E-state index >= 15 is 0 Å². The minimum atomic E-state index is -0.501. The fourth-order valence-corrected chi connectivity index (χ4v) is 2.27. The van der Waals surface area contributed by atoms with Crippen molar-refractivity contribution in [2.45, 2.75) is 19.8 Å². The largest absolute Gasteiger partial charge is 0.385 e. The molecule has 1 fully saturated rings. The molecule has 1 aromatic carbocycles. The number of nitro groups is 1. The zero-order chi connectivity index (χ0) is 13.8. The predicted octanol–water partition coefficient (Wildman–Crippen LogP) is 2.26. The molecule has 1 aromatic rings. The maximum Gasteiger partial charge on any atom is 0.282 e. The van der Waals surface area contributed by atoms with Crippen LogP contribution >= 0.6 is 0 Å². The minimum absolute atomic E-state index is 0.126. The molecule has 1 aliphatic heterocycles. The van der Waals surface area contributed by atoms with Crippen molar-refractivity contribution < 1.29 is 9.72 Å². The highest BCUT2D eigenvalue weighted by Gasteiger charge is 2.26. The Morgan fingerprint density at radius 2 is 2.11 bits per heavy atom. The molecule has 102 valence electrons. The molecule has 6 heteroatoms. The van der Waals surface area contributed by atoms with Crippen LogP contribution in [0.4, 0.5) is 11.4 Å². The number of anilines is 1. The van der Waals surface area contributed by atoms with E-state index in [0.29, 0.717) is 19.6 Å². The zero-order valence-electron chi connectivity index (χ0n) is 10.9. The summed E-state index contributed by atoms with van der Waals surface area (Å²) in [6.45, 7) is 4.00. The van der Waals surface area contributed by atoms with E-state index in [4.69, 9.17) is 0 Å². The van der Waals surface area contributed by atoms with Gasteiger partial charge >= 0.3 is 0 Å². The van der Waals surface area contributed by atoms with E-state index < -0.39 is 4.92 Å². The Morgan fingerprint density at radius 1 is 1.42 bits per heavy atom. The molecule has 1 amide bonds. The van der Waals surface area contributed by atoms with E-state index in [2.05, 4.69) is 5.32 Å². The van der Waals surface area contributed by atoms with Gasteiger partial charge in [-0.25, -0.2) is 0 Å². The van der Waals surface area contributed by atoms with E-state index in [9.17, 15) is 14.9 Å². The second-order valence-electron chi connectivity index (χ2n) is 4.52. The fourth-order valence-electron chi connectivity index (χ4n) is 2.27. The zero-order valence-corrected chi connectivity index (χ0v) is 10.9. The van der Waals surface area contributed by atoms with Crippen LogP contribution < -0.4 is 5.32 Å². The van der Waals surface area contributed by atoms with Gasteiger partial charge in [-0.2, -0.15) is 0 Å². The minimum Gasteiger partial charge on any atom is -0.385 e. The molecule has 19 heavy (non-hydrogen) atoms. The van der Waals surface area contributed by atoms with Gasteiger partial charge in [0.1, 0.15) is 5.56 Å². The van der Waals surface area contributed by atoms with Crippen LogP contribution in [0.25, 0.3) is 0 Å². The summed E-state index contributed by atoms with van der Waals surface area (Å²) in [5.41, 5.74) is 0.777. The average molecular weight is 263 g/mol. The molecule has 6 nitrogen and oxygen atoms in total. The molecule has 0 unspecified atom stereocenters. The maximum absolute atomic E-state index is 12.3. The van der Waals surface area contributed by atoms with Crippen molar-refractivity contribution in [2.24, 2.45) is 0 Å². The quantitative estimate of drug-likeness (QED) is 0.667. The summed E-state index contributed by atoms with van der Waals surface area (Å²) in [4.78, 5) is 24.5. The Morgan fingerprint density at radius 3 is 2.68 bits per heavy atom. The van der Waals surface area contributed by atoms with Crippen molar-refractivity contribution in [1.29, 1.82) is 0 Å². The summed E-state index contributed by atoms with van der Waals surface area (Å²) >= 11 is 0. The van der Waals surface area contributed by atoms with E-state index in [1.807, 2.05) is 6.92 Å². The maximum atomic E-state index is 12.3. The van der Waals surface area contributed by atoms with Crippen LogP contribution in [-0.4, -0.2) is 35.4 Å². The third-order valence-electron chi connectivity index (χ3n) is 3.20. The molecule has 0 bridgehead atoms. The van der Waals surface area contributed by atoms with E-state index in [1.54, 1.807) is 17.0 Å². The second-order valence-corrected chi connectivity index (χ2v) is 4.52. The van der Waals surface area contributed by atoms with Gasteiger partial charge in [0.25, 0.3) is 11.6 Å². The lowest BCUT2D eigenvalue weighted by molar-refractivity contribution is -0.385. The molecule has 2 rings (SSSR count). The number of amides is 1. The first-order valence-corrected chi connectivity index (χ1v) is 6.45. The topological polar surface area (TPSA) is 75.5 Å². The smallest absolute Gasteiger partial charge is 0.282 e. The Kier molecular flexibility index (Phi) is 3.99.